The summed E-state index contributed by atoms with van der Waals surface area (Å²) in [5, 5.41) is 11.3. The van der Waals surface area contributed by atoms with Gasteiger partial charge >= 0.3 is 0 Å². The van der Waals surface area contributed by atoms with Gasteiger partial charge in [0, 0.05) is 17.5 Å². The van der Waals surface area contributed by atoms with Gasteiger partial charge in [0.15, 0.2) is 5.82 Å². The summed E-state index contributed by atoms with van der Waals surface area (Å²) in [6.45, 7) is 4.50. The van der Waals surface area contributed by atoms with Crippen LogP contribution in [-0.2, 0) is 0 Å². The molecule has 0 spiro atoms. The van der Waals surface area contributed by atoms with E-state index < -0.39 is 0 Å². The van der Waals surface area contributed by atoms with Gasteiger partial charge in [-0.05, 0) is 51.0 Å². The lowest BCUT2D eigenvalue weighted by molar-refractivity contribution is 0.477. The number of nitrogens with zero attached hydrogens (tertiary/aromatic N) is 3. The average molecular weight is 319 g/mol. The molecule has 2 heterocycles. The van der Waals surface area contributed by atoms with Crippen LogP contribution in [0.3, 0.4) is 0 Å². The van der Waals surface area contributed by atoms with Crippen LogP contribution in [0.5, 0.6) is 5.75 Å². The second-order valence-electron chi connectivity index (χ2n) is 6.59. The molecule has 1 saturated heterocycles. The largest absolute Gasteiger partial charge is 0.507 e. The van der Waals surface area contributed by atoms with Crippen LogP contribution < -0.4 is 4.90 Å². The van der Waals surface area contributed by atoms with Crippen molar-refractivity contribution in [3.05, 3.63) is 48.5 Å². The molecular weight excluding hydrogens is 298 g/mol. The van der Waals surface area contributed by atoms with Crippen molar-refractivity contribution in [1.82, 2.24) is 9.97 Å². The van der Waals surface area contributed by atoms with Crippen LogP contribution in [0.4, 0.5) is 5.82 Å². The standard InChI is InChI=1S/C20H21N3O/c1-13-11-12-14(2)23(13)20-15-7-3-5-9-17(15)21-19(22-20)16-8-4-6-10-18(16)24/h3-10,13-14,24H,11-12H2,1-2H3. The third kappa shape index (κ3) is 2.39. The van der Waals surface area contributed by atoms with Gasteiger partial charge in [-0.1, -0.05) is 24.3 Å². The van der Waals surface area contributed by atoms with Gasteiger partial charge in [0.25, 0.3) is 0 Å². The summed E-state index contributed by atoms with van der Waals surface area (Å²) in [7, 11) is 0. The van der Waals surface area contributed by atoms with Crippen molar-refractivity contribution in [2.24, 2.45) is 0 Å². The molecule has 24 heavy (non-hydrogen) atoms. The third-order valence-corrected chi connectivity index (χ3v) is 4.92. The molecular formula is C20H21N3O. The number of rotatable bonds is 2. The van der Waals surface area contributed by atoms with Crippen LogP contribution in [-0.4, -0.2) is 27.2 Å². The molecule has 1 N–H and O–H groups in total. The van der Waals surface area contributed by atoms with Crippen LogP contribution >= 0.6 is 0 Å². The molecule has 3 aromatic rings. The maximum atomic E-state index is 10.2. The van der Waals surface area contributed by atoms with Gasteiger partial charge < -0.3 is 10.0 Å². The summed E-state index contributed by atoms with van der Waals surface area (Å²) in [5.41, 5.74) is 1.58. The van der Waals surface area contributed by atoms with Gasteiger partial charge in [-0.15, -0.1) is 0 Å². The average Bonchev–Trinajstić information content (AvgIpc) is 2.93. The Hall–Kier alpha value is -2.62. The molecule has 0 saturated carbocycles. The normalized spacial score (nSPS) is 20.7. The highest BCUT2D eigenvalue weighted by Crippen LogP contribution is 2.36. The Bertz CT molecular complexity index is 883. The maximum absolute atomic E-state index is 10.2. The number of hydrogen-bond donors (Lipinski definition) is 1. The minimum atomic E-state index is 0.209. The van der Waals surface area contributed by atoms with E-state index in [4.69, 9.17) is 9.97 Å². The van der Waals surface area contributed by atoms with E-state index in [-0.39, 0.29) is 5.75 Å². The summed E-state index contributed by atoms with van der Waals surface area (Å²) in [6.07, 6.45) is 2.34. The molecule has 1 aliphatic rings. The van der Waals surface area contributed by atoms with E-state index in [1.807, 2.05) is 36.4 Å². The van der Waals surface area contributed by atoms with Gasteiger partial charge in [-0.2, -0.15) is 0 Å². The Labute approximate surface area is 141 Å². The van der Waals surface area contributed by atoms with Crippen molar-refractivity contribution in [3.8, 4) is 17.1 Å². The first kappa shape index (κ1) is 14.9. The quantitative estimate of drug-likeness (QED) is 0.761. The van der Waals surface area contributed by atoms with Gasteiger partial charge in [0.1, 0.15) is 11.6 Å². The van der Waals surface area contributed by atoms with Crippen LogP contribution in [0.1, 0.15) is 26.7 Å². The van der Waals surface area contributed by atoms with Crippen molar-refractivity contribution >= 4 is 16.7 Å². The molecule has 1 aromatic heterocycles. The van der Waals surface area contributed by atoms with E-state index in [2.05, 4.69) is 24.8 Å². The Kier molecular flexibility index (Phi) is 3.60. The van der Waals surface area contributed by atoms with Crippen molar-refractivity contribution in [2.75, 3.05) is 4.90 Å². The SMILES string of the molecule is CC1CCC(C)N1c1nc(-c2ccccc2O)nc2ccccc12. The van der Waals surface area contributed by atoms with Crippen LogP contribution in [0, 0.1) is 0 Å². The number of aromatic hydroxyl groups is 1. The molecule has 4 nitrogen and oxygen atoms in total. The van der Waals surface area contributed by atoms with E-state index in [1.165, 1.54) is 12.8 Å². The van der Waals surface area contributed by atoms with Crippen molar-refractivity contribution in [1.29, 1.82) is 0 Å². The third-order valence-electron chi connectivity index (χ3n) is 4.92. The number of para-hydroxylation sites is 2. The van der Waals surface area contributed by atoms with E-state index in [9.17, 15) is 5.11 Å². The van der Waals surface area contributed by atoms with Crippen molar-refractivity contribution in [3.63, 3.8) is 0 Å². The molecule has 0 bridgehead atoms. The number of phenols is 1. The fourth-order valence-electron chi connectivity index (χ4n) is 3.65. The zero-order valence-electron chi connectivity index (χ0n) is 14.0. The van der Waals surface area contributed by atoms with Crippen molar-refractivity contribution < 1.29 is 5.11 Å². The zero-order chi connectivity index (χ0) is 16.7. The van der Waals surface area contributed by atoms with Gasteiger partial charge in [-0.3, -0.25) is 0 Å². The minimum absolute atomic E-state index is 0.209. The van der Waals surface area contributed by atoms with Crippen LogP contribution in [0.2, 0.25) is 0 Å². The number of benzene rings is 2. The van der Waals surface area contributed by atoms with Crippen molar-refractivity contribution in [2.45, 2.75) is 38.8 Å². The molecule has 2 aromatic carbocycles. The number of hydrogen-bond acceptors (Lipinski definition) is 4. The van der Waals surface area contributed by atoms with Gasteiger partial charge in [0.2, 0.25) is 0 Å². The second kappa shape index (κ2) is 5.78. The second-order valence-corrected chi connectivity index (χ2v) is 6.59. The Morgan fingerprint density at radius 3 is 2.33 bits per heavy atom. The predicted molar refractivity (Wildman–Crippen MR) is 97.3 cm³/mol. The summed E-state index contributed by atoms with van der Waals surface area (Å²) in [4.78, 5) is 12.0. The molecule has 0 aliphatic carbocycles. The fraction of sp³-hybridized carbons (Fsp3) is 0.300. The van der Waals surface area contributed by atoms with Gasteiger partial charge in [-0.25, -0.2) is 9.97 Å². The summed E-state index contributed by atoms with van der Waals surface area (Å²) in [6, 6.07) is 16.3. The van der Waals surface area contributed by atoms with Crippen LogP contribution in [0.15, 0.2) is 48.5 Å². The Morgan fingerprint density at radius 2 is 1.58 bits per heavy atom. The molecule has 2 atom stereocenters. The molecule has 4 rings (SSSR count). The molecule has 2 unspecified atom stereocenters. The highest BCUT2D eigenvalue weighted by molar-refractivity contribution is 5.91. The molecule has 4 heteroatoms. The van der Waals surface area contributed by atoms with E-state index in [0.29, 0.717) is 23.5 Å². The number of aromatic nitrogens is 2. The number of fused-ring (bicyclic) bond motifs is 1. The first-order valence-corrected chi connectivity index (χ1v) is 8.48. The lowest BCUT2D eigenvalue weighted by Gasteiger charge is -2.29. The summed E-state index contributed by atoms with van der Waals surface area (Å²) < 4.78 is 0. The summed E-state index contributed by atoms with van der Waals surface area (Å²) in [5.74, 6) is 1.76. The van der Waals surface area contributed by atoms with Gasteiger partial charge in [0.05, 0.1) is 11.1 Å². The topological polar surface area (TPSA) is 49.2 Å². The highest BCUT2D eigenvalue weighted by Gasteiger charge is 2.30. The smallest absolute Gasteiger partial charge is 0.165 e. The van der Waals surface area contributed by atoms with Crippen LogP contribution in [0.25, 0.3) is 22.3 Å². The first-order chi connectivity index (χ1) is 11.6. The number of anilines is 1. The molecule has 1 aliphatic heterocycles. The lowest BCUT2D eigenvalue weighted by Crippen LogP contribution is -2.33. The Balaban J connectivity index is 1.97. The van der Waals surface area contributed by atoms with E-state index in [0.717, 1.165) is 16.7 Å². The van der Waals surface area contributed by atoms with E-state index in [1.54, 1.807) is 6.07 Å². The maximum Gasteiger partial charge on any atom is 0.165 e. The van der Waals surface area contributed by atoms with E-state index >= 15 is 0 Å². The summed E-state index contributed by atoms with van der Waals surface area (Å²) >= 11 is 0. The minimum Gasteiger partial charge on any atom is -0.507 e. The predicted octanol–water partition coefficient (Wildman–Crippen LogP) is 4.38. The molecule has 0 radical (unpaired) electrons. The lowest BCUT2D eigenvalue weighted by atomic mass is 10.1. The molecule has 1 fully saturated rings. The highest BCUT2D eigenvalue weighted by atomic mass is 16.3. The molecule has 0 amide bonds. The zero-order valence-corrected chi connectivity index (χ0v) is 14.0. The number of phenolic OH excluding ortho intramolecular Hbond substituents is 1. The molecule has 122 valence electrons. The fourth-order valence-corrected chi connectivity index (χ4v) is 3.65. The first-order valence-electron chi connectivity index (χ1n) is 8.48. The monoisotopic (exact) mass is 319 g/mol. The Morgan fingerprint density at radius 1 is 0.917 bits per heavy atom.